The van der Waals surface area contributed by atoms with Crippen molar-refractivity contribution in [3.05, 3.63) is 23.5 Å². The molecule has 0 aromatic carbocycles. The van der Waals surface area contributed by atoms with Gasteiger partial charge in [0.2, 0.25) is 5.95 Å². The molecule has 0 atom stereocenters. The van der Waals surface area contributed by atoms with Crippen molar-refractivity contribution < 1.29 is 9.18 Å². The Balaban J connectivity index is 3.30. The average molecular weight is 151 g/mol. The number of halogens is 1. The number of carbonyl (C=O) groups excluding carboxylic acids is 1. The first-order chi connectivity index (χ1) is 5.27. The molecule has 54 valence electrons. The molecule has 5 heteroatoms. The maximum Gasteiger partial charge on any atom is 0.232 e. The highest BCUT2D eigenvalue weighted by Crippen LogP contribution is 1.98. The van der Waals surface area contributed by atoms with Crippen molar-refractivity contribution in [3.63, 3.8) is 0 Å². The number of hydrogen-bond acceptors (Lipinski definition) is 4. The molecule has 11 heavy (non-hydrogen) atoms. The molecule has 0 spiro atoms. The quantitative estimate of drug-likeness (QED) is 0.541. The maximum atomic E-state index is 12.2. The van der Waals surface area contributed by atoms with Crippen molar-refractivity contribution in [2.45, 2.75) is 0 Å². The standard InChI is InChI=1S/C6H2FN3O/c7-6-2-9-4(1-8)5(3-11)10-6/h2-3H. The van der Waals surface area contributed by atoms with E-state index in [1.165, 1.54) is 0 Å². The number of hydrogen-bond donors (Lipinski definition) is 0. The van der Waals surface area contributed by atoms with E-state index in [0.29, 0.717) is 0 Å². The van der Waals surface area contributed by atoms with Crippen molar-refractivity contribution >= 4 is 6.29 Å². The third-order valence-corrected chi connectivity index (χ3v) is 0.988. The fourth-order valence-corrected chi connectivity index (χ4v) is 0.549. The predicted molar refractivity (Wildman–Crippen MR) is 32.1 cm³/mol. The number of aromatic nitrogens is 2. The fraction of sp³-hybridized carbons (Fsp3) is 0. The van der Waals surface area contributed by atoms with E-state index in [1.807, 2.05) is 0 Å². The average Bonchev–Trinajstić information content (AvgIpc) is 2.04. The fourth-order valence-electron chi connectivity index (χ4n) is 0.549. The van der Waals surface area contributed by atoms with Crippen LogP contribution in [0.2, 0.25) is 0 Å². The van der Waals surface area contributed by atoms with E-state index >= 15 is 0 Å². The van der Waals surface area contributed by atoms with Gasteiger partial charge in [-0.05, 0) is 0 Å². The minimum atomic E-state index is -0.869. The van der Waals surface area contributed by atoms with E-state index in [2.05, 4.69) is 9.97 Å². The van der Waals surface area contributed by atoms with Gasteiger partial charge in [-0.2, -0.15) is 9.65 Å². The molecule has 1 rings (SSSR count). The van der Waals surface area contributed by atoms with E-state index in [0.717, 1.165) is 6.20 Å². The van der Waals surface area contributed by atoms with Gasteiger partial charge in [-0.15, -0.1) is 0 Å². The zero-order chi connectivity index (χ0) is 8.27. The summed E-state index contributed by atoms with van der Waals surface area (Å²) in [4.78, 5) is 16.6. The molecule has 0 aliphatic rings. The molecule has 0 radical (unpaired) electrons. The lowest BCUT2D eigenvalue weighted by Crippen LogP contribution is -1.98. The number of nitriles is 1. The van der Waals surface area contributed by atoms with Gasteiger partial charge in [0, 0.05) is 0 Å². The Hall–Kier alpha value is -1.83. The van der Waals surface area contributed by atoms with E-state index in [9.17, 15) is 9.18 Å². The molecule has 1 aromatic heterocycles. The van der Waals surface area contributed by atoms with Crippen LogP contribution in [-0.4, -0.2) is 16.3 Å². The highest BCUT2D eigenvalue weighted by atomic mass is 19.1. The molecule has 0 unspecified atom stereocenters. The predicted octanol–water partition coefficient (Wildman–Crippen LogP) is 0.300. The molecule has 1 heterocycles. The van der Waals surface area contributed by atoms with Crippen molar-refractivity contribution in [1.82, 2.24) is 9.97 Å². The molecule has 4 nitrogen and oxygen atoms in total. The number of carbonyl (C=O) groups is 1. The highest BCUT2D eigenvalue weighted by Gasteiger charge is 2.04. The van der Waals surface area contributed by atoms with E-state index in [-0.39, 0.29) is 17.7 Å². The molecule has 0 fully saturated rings. The molecule has 0 saturated carbocycles. The van der Waals surface area contributed by atoms with Gasteiger partial charge in [0.25, 0.3) is 0 Å². The Bertz CT molecular complexity index is 331. The minimum Gasteiger partial charge on any atom is -0.296 e. The summed E-state index contributed by atoms with van der Waals surface area (Å²) in [5, 5.41) is 8.31. The molecular weight excluding hydrogens is 149 g/mol. The van der Waals surface area contributed by atoms with Crippen molar-refractivity contribution in [1.29, 1.82) is 5.26 Å². The Morgan fingerprint density at radius 1 is 1.73 bits per heavy atom. The summed E-state index contributed by atoms with van der Waals surface area (Å²) in [6.07, 6.45) is 1.07. The van der Waals surface area contributed by atoms with Crippen LogP contribution in [0, 0.1) is 17.3 Å². The molecule has 0 aliphatic heterocycles. The Morgan fingerprint density at radius 3 is 3.00 bits per heavy atom. The van der Waals surface area contributed by atoms with Crippen LogP contribution in [0.5, 0.6) is 0 Å². The molecule has 0 amide bonds. The molecular formula is C6H2FN3O. The van der Waals surface area contributed by atoms with E-state index < -0.39 is 5.95 Å². The maximum absolute atomic E-state index is 12.2. The van der Waals surface area contributed by atoms with Gasteiger partial charge in [0.15, 0.2) is 12.0 Å². The second-order valence-electron chi connectivity index (χ2n) is 1.66. The van der Waals surface area contributed by atoms with Crippen molar-refractivity contribution in [2.24, 2.45) is 0 Å². The van der Waals surface area contributed by atoms with Crippen molar-refractivity contribution in [3.8, 4) is 6.07 Å². The summed E-state index contributed by atoms with van der Waals surface area (Å²) >= 11 is 0. The first kappa shape index (κ1) is 7.28. The first-order valence-corrected chi connectivity index (χ1v) is 2.65. The summed E-state index contributed by atoms with van der Waals surface area (Å²) in [5.74, 6) is -0.869. The van der Waals surface area contributed by atoms with Gasteiger partial charge < -0.3 is 0 Å². The van der Waals surface area contributed by atoms with Crippen LogP contribution in [0.25, 0.3) is 0 Å². The third kappa shape index (κ3) is 1.35. The molecule has 0 bridgehead atoms. The zero-order valence-corrected chi connectivity index (χ0v) is 5.28. The molecule has 0 saturated heterocycles. The van der Waals surface area contributed by atoms with Crippen LogP contribution in [0.15, 0.2) is 6.20 Å². The number of aldehydes is 1. The minimum absolute atomic E-state index is 0.165. The monoisotopic (exact) mass is 151 g/mol. The first-order valence-electron chi connectivity index (χ1n) is 2.65. The lowest BCUT2D eigenvalue weighted by Gasteiger charge is -1.90. The Kier molecular flexibility index (Phi) is 1.88. The van der Waals surface area contributed by atoms with Gasteiger partial charge in [-0.25, -0.2) is 9.97 Å². The zero-order valence-electron chi connectivity index (χ0n) is 5.28. The molecule has 0 N–H and O–H groups in total. The second kappa shape index (κ2) is 2.84. The lowest BCUT2D eigenvalue weighted by molar-refractivity contribution is 0.111. The third-order valence-electron chi connectivity index (χ3n) is 0.988. The SMILES string of the molecule is N#Cc1ncc(F)nc1C=O. The lowest BCUT2D eigenvalue weighted by atomic mass is 10.3. The largest absolute Gasteiger partial charge is 0.296 e. The normalized spacial score (nSPS) is 8.73. The second-order valence-corrected chi connectivity index (χ2v) is 1.66. The Morgan fingerprint density at radius 2 is 2.45 bits per heavy atom. The number of nitrogens with zero attached hydrogens (tertiary/aromatic N) is 3. The van der Waals surface area contributed by atoms with E-state index in [4.69, 9.17) is 5.26 Å². The summed E-state index contributed by atoms with van der Waals surface area (Å²) in [6, 6.07) is 1.60. The molecule has 0 aliphatic carbocycles. The van der Waals surface area contributed by atoms with Crippen LogP contribution < -0.4 is 0 Å². The van der Waals surface area contributed by atoms with Gasteiger partial charge >= 0.3 is 0 Å². The van der Waals surface area contributed by atoms with Gasteiger partial charge in [0.1, 0.15) is 11.8 Å². The summed E-state index contributed by atoms with van der Waals surface area (Å²) in [5.41, 5.74) is -0.436. The molecule has 1 aromatic rings. The van der Waals surface area contributed by atoms with Crippen LogP contribution in [0.4, 0.5) is 4.39 Å². The van der Waals surface area contributed by atoms with Crippen LogP contribution >= 0.6 is 0 Å². The van der Waals surface area contributed by atoms with Crippen LogP contribution in [0.3, 0.4) is 0 Å². The highest BCUT2D eigenvalue weighted by molar-refractivity contribution is 5.74. The smallest absolute Gasteiger partial charge is 0.232 e. The Labute approximate surface area is 61.3 Å². The van der Waals surface area contributed by atoms with Gasteiger partial charge in [-0.3, -0.25) is 4.79 Å². The summed E-state index contributed by atoms with van der Waals surface area (Å²) in [7, 11) is 0. The van der Waals surface area contributed by atoms with E-state index in [1.54, 1.807) is 6.07 Å². The van der Waals surface area contributed by atoms with Gasteiger partial charge in [0.05, 0.1) is 6.20 Å². The summed E-state index contributed by atoms with van der Waals surface area (Å²) < 4.78 is 12.2. The van der Waals surface area contributed by atoms with Crippen LogP contribution in [0.1, 0.15) is 16.2 Å². The van der Waals surface area contributed by atoms with Crippen LogP contribution in [-0.2, 0) is 0 Å². The topological polar surface area (TPSA) is 66.6 Å². The van der Waals surface area contributed by atoms with Gasteiger partial charge in [-0.1, -0.05) is 0 Å². The number of rotatable bonds is 1. The van der Waals surface area contributed by atoms with Crippen molar-refractivity contribution in [2.75, 3.05) is 0 Å². The summed E-state index contributed by atoms with van der Waals surface area (Å²) in [6.45, 7) is 0.